The molecule has 68 valence electrons. The van der Waals surface area contributed by atoms with Crippen molar-refractivity contribution < 1.29 is 0 Å². The Hall–Kier alpha value is -0.790. The van der Waals surface area contributed by atoms with Crippen molar-refractivity contribution in [3.8, 4) is 0 Å². The maximum absolute atomic E-state index is 4.47. The predicted octanol–water partition coefficient (Wildman–Crippen LogP) is 2.24. The third-order valence-electron chi connectivity index (χ3n) is 2.63. The lowest BCUT2D eigenvalue weighted by atomic mass is 9.96. The standard InChI is InChI=1S/C9H14N2.CH4/c1-7-8-5-3-4-6-9(8)10-11(7)2;/h3-6H2,1-2H3;1H4. The van der Waals surface area contributed by atoms with Gasteiger partial charge in [0.1, 0.15) is 0 Å². The van der Waals surface area contributed by atoms with Crippen LogP contribution in [0.1, 0.15) is 37.2 Å². The molecule has 12 heavy (non-hydrogen) atoms. The summed E-state index contributed by atoms with van der Waals surface area (Å²) in [5.74, 6) is 0. The first-order valence-electron chi connectivity index (χ1n) is 4.30. The van der Waals surface area contributed by atoms with Crippen molar-refractivity contribution in [2.45, 2.75) is 40.0 Å². The van der Waals surface area contributed by atoms with Gasteiger partial charge in [-0.3, -0.25) is 4.68 Å². The van der Waals surface area contributed by atoms with E-state index in [1.54, 1.807) is 0 Å². The van der Waals surface area contributed by atoms with Crippen molar-refractivity contribution in [3.05, 3.63) is 17.0 Å². The van der Waals surface area contributed by atoms with Gasteiger partial charge >= 0.3 is 0 Å². The molecule has 1 aromatic heterocycles. The molecule has 0 atom stereocenters. The van der Waals surface area contributed by atoms with Gasteiger partial charge in [0.25, 0.3) is 0 Å². The molecule has 0 saturated carbocycles. The van der Waals surface area contributed by atoms with Crippen LogP contribution in [0.4, 0.5) is 0 Å². The summed E-state index contributed by atoms with van der Waals surface area (Å²) >= 11 is 0. The maximum atomic E-state index is 4.47. The van der Waals surface area contributed by atoms with Gasteiger partial charge in [0.15, 0.2) is 0 Å². The number of aryl methyl sites for hydroxylation is 2. The van der Waals surface area contributed by atoms with Gasteiger partial charge in [0.05, 0.1) is 5.69 Å². The molecule has 0 N–H and O–H groups in total. The molecule has 0 fully saturated rings. The van der Waals surface area contributed by atoms with Gasteiger partial charge in [-0.15, -0.1) is 0 Å². The van der Waals surface area contributed by atoms with Crippen LogP contribution in [0, 0.1) is 6.92 Å². The number of fused-ring (bicyclic) bond motifs is 1. The third-order valence-corrected chi connectivity index (χ3v) is 2.63. The molecule has 1 aliphatic carbocycles. The molecule has 0 aliphatic heterocycles. The van der Waals surface area contributed by atoms with Crippen LogP contribution in [0.25, 0.3) is 0 Å². The molecule has 2 heteroatoms. The van der Waals surface area contributed by atoms with Crippen molar-refractivity contribution in [2.24, 2.45) is 7.05 Å². The van der Waals surface area contributed by atoms with Crippen LogP contribution in [-0.2, 0) is 19.9 Å². The summed E-state index contributed by atoms with van der Waals surface area (Å²) in [7, 11) is 2.04. The zero-order valence-corrected chi connectivity index (χ0v) is 7.22. The molecule has 0 bridgehead atoms. The summed E-state index contributed by atoms with van der Waals surface area (Å²) in [5.41, 5.74) is 4.22. The average molecular weight is 166 g/mol. The minimum absolute atomic E-state index is 0. The number of nitrogens with zero attached hydrogens (tertiary/aromatic N) is 2. The van der Waals surface area contributed by atoms with Crippen LogP contribution in [0.5, 0.6) is 0 Å². The number of rotatable bonds is 0. The molecule has 0 radical (unpaired) electrons. The summed E-state index contributed by atoms with van der Waals surface area (Å²) in [6.07, 6.45) is 5.11. The highest BCUT2D eigenvalue weighted by Gasteiger charge is 2.15. The van der Waals surface area contributed by atoms with Crippen LogP contribution in [0.15, 0.2) is 0 Å². The lowest BCUT2D eigenvalue weighted by molar-refractivity contribution is 0.664. The van der Waals surface area contributed by atoms with Gasteiger partial charge in [-0.2, -0.15) is 5.10 Å². The fraction of sp³-hybridized carbons (Fsp3) is 0.700. The Bertz CT molecular complexity index is 274. The van der Waals surface area contributed by atoms with E-state index in [1.165, 1.54) is 42.6 Å². The lowest BCUT2D eigenvalue weighted by Crippen LogP contribution is -2.00. The monoisotopic (exact) mass is 166 g/mol. The van der Waals surface area contributed by atoms with Crippen LogP contribution >= 0.6 is 0 Å². The zero-order valence-electron chi connectivity index (χ0n) is 7.22. The average Bonchev–Trinajstić information content (AvgIpc) is 2.30. The lowest BCUT2D eigenvalue weighted by Gasteiger charge is -2.08. The van der Waals surface area contributed by atoms with Crippen LogP contribution in [0.3, 0.4) is 0 Å². The summed E-state index contributed by atoms with van der Waals surface area (Å²) in [5, 5.41) is 4.47. The van der Waals surface area contributed by atoms with Gasteiger partial charge in [-0.1, -0.05) is 7.43 Å². The molecular weight excluding hydrogens is 148 g/mol. The van der Waals surface area contributed by atoms with Gasteiger partial charge in [-0.25, -0.2) is 0 Å². The minimum Gasteiger partial charge on any atom is -0.272 e. The van der Waals surface area contributed by atoms with Gasteiger partial charge < -0.3 is 0 Å². The highest BCUT2D eigenvalue weighted by atomic mass is 15.3. The van der Waals surface area contributed by atoms with Crippen LogP contribution < -0.4 is 0 Å². The van der Waals surface area contributed by atoms with Crippen molar-refractivity contribution in [1.82, 2.24) is 9.78 Å². The van der Waals surface area contributed by atoms with Gasteiger partial charge in [0, 0.05) is 12.7 Å². The Labute approximate surface area is 74.6 Å². The topological polar surface area (TPSA) is 17.8 Å². The summed E-state index contributed by atoms with van der Waals surface area (Å²) in [4.78, 5) is 0. The number of aromatic nitrogens is 2. The van der Waals surface area contributed by atoms with Crippen molar-refractivity contribution in [1.29, 1.82) is 0 Å². The SMILES string of the molecule is C.Cc1c2c(nn1C)CCCC2. The van der Waals surface area contributed by atoms with E-state index in [9.17, 15) is 0 Å². The molecule has 0 spiro atoms. The Morgan fingerprint density at radius 3 is 2.58 bits per heavy atom. The van der Waals surface area contributed by atoms with E-state index in [1.807, 2.05) is 11.7 Å². The number of hydrogen-bond donors (Lipinski definition) is 0. The van der Waals surface area contributed by atoms with Crippen molar-refractivity contribution >= 4 is 0 Å². The Kier molecular flexibility index (Phi) is 2.55. The predicted molar refractivity (Wildman–Crippen MR) is 51.3 cm³/mol. The highest BCUT2D eigenvalue weighted by Crippen LogP contribution is 2.22. The molecule has 0 amide bonds. The largest absolute Gasteiger partial charge is 0.272 e. The quantitative estimate of drug-likeness (QED) is 0.578. The second-order valence-electron chi connectivity index (χ2n) is 3.34. The smallest absolute Gasteiger partial charge is 0.0659 e. The molecule has 1 aromatic rings. The normalized spacial score (nSPS) is 15.2. The molecule has 0 aromatic carbocycles. The minimum atomic E-state index is 0. The zero-order chi connectivity index (χ0) is 7.84. The summed E-state index contributed by atoms with van der Waals surface area (Å²) in [6, 6.07) is 0. The van der Waals surface area contributed by atoms with Gasteiger partial charge in [-0.05, 0) is 38.2 Å². The summed E-state index contributed by atoms with van der Waals surface area (Å²) in [6.45, 7) is 2.16. The second-order valence-corrected chi connectivity index (χ2v) is 3.34. The number of hydrogen-bond acceptors (Lipinski definition) is 1. The molecule has 0 saturated heterocycles. The molecule has 2 nitrogen and oxygen atoms in total. The van der Waals surface area contributed by atoms with E-state index in [-0.39, 0.29) is 7.43 Å². The second kappa shape index (κ2) is 3.30. The first kappa shape index (κ1) is 9.30. The van der Waals surface area contributed by atoms with E-state index in [0.29, 0.717) is 0 Å². The van der Waals surface area contributed by atoms with E-state index in [0.717, 1.165) is 0 Å². The third kappa shape index (κ3) is 1.26. The van der Waals surface area contributed by atoms with E-state index >= 15 is 0 Å². The van der Waals surface area contributed by atoms with Gasteiger partial charge in [0.2, 0.25) is 0 Å². The Morgan fingerprint density at radius 2 is 1.92 bits per heavy atom. The fourth-order valence-electron chi connectivity index (χ4n) is 1.84. The molecular formula is C10H18N2. The molecule has 0 unspecified atom stereocenters. The fourth-order valence-corrected chi connectivity index (χ4v) is 1.84. The highest BCUT2D eigenvalue weighted by molar-refractivity contribution is 5.27. The molecule has 1 heterocycles. The molecule has 1 aliphatic rings. The Morgan fingerprint density at radius 1 is 1.25 bits per heavy atom. The molecule has 2 rings (SSSR count). The van der Waals surface area contributed by atoms with Crippen molar-refractivity contribution in [2.75, 3.05) is 0 Å². The summed E-state index contributed by atoms with van der Waals surface area (Å²) < 4.78 is 2.01. The van der Waals surface area contributed by atoms with E-state index in [2.05, 4.69) is 12.0 Å². The maximum Gasteiger partial charge on any atom is 0.0659 e. The van der Waals surface area contributed by atoms with E-state index < -0.39 is 0 Å². The van der Waals surface area contributed by atoms with Crippen LogP contribution in [-0.4, -0.2) is 9.78 Å². The van der Waals surface area contributed by atoms with Crippen molar-refractivity contribution in [3.63, 3.8) is 0 Å². The first-order chi connectivity index (χ1) is 5.29. The van der Waals surface area contributed by atoms with E-state index in [4.69, 9.17) is 0 Å². The Balaban J connectivity index is 0.000000720. The van der Waals surface area contributed by atoms with Crippen LogP contribution in [0.2, 0.25) is 0 Å². The first-order valence-corrected chi connectivity index (χ1v) is 4.30.